The van der Waals surface area contributed by atoms with E-state index in [2.05, 4.69) is 10.1 Å². The minimum absolute atomic E-state index is 0.0231. The molecule has 2 heterocycles. The second-order valence-electron chi connectivity index (χ2n) is 5.17. The Morgan fingerprint density at radius 1 is 1.36 bits per heavy atom. The third-order valence-electron chi connectivity index (χ3n) is 3.50. The third kappa shape index (κ3) is 2.68. The molecule has 5 nitrogen and oxygen atoms in total. The molecule has 22 heavy (non-hydrogen) atoms. The number of halogens is 3. The van der Waals surface area contributed by atoms with Gasteiger partial charge in [-0.3, -0.25) is 4.79 Å². The van der Waals surface area contributed by atoms with Crippen molar-refractivity contribution >= 4 is 5.91 Å². The van der Waals surface area contributed by atoms with Gasteiger partial charge in [-0.2, -0.15) is 18.2 Å². The lowest BCUT2D eigenvalue weighted by molar-refractivity contribution is -0.137. The number of benzene rings is 1. The molecule has 2 aromatic rings. The number of hydrogen-bond donors (Lipinski definition) is 0. The number of nitrogens with zero attached hydrogens (tertiary/aromatic N) is 3. The third-order valence-corrected chi connectivity index (χ3v) is 3.50. The smallest absolute Gasteiger partial charge is 0.339 e. The zero-order chi connectivity index (χ0) is 15.9. The van der Waals surface area contributed by atoms with Crippen molar-refractivity contribution in [1.29, 1.82) is 0 Å². The van der Waals surface area contributed by atoms with E-state index in [-0.39, 0.29) is 11.5 Å². The van der Waals surface area contributed by atoms with Crippen LogP contribution in [0.3, 0.4) is 0 Å². The lowest BCUT2D eigenvalue weighted by Crippen LogP contribution is -2.48. The number of amides is 1. The highest BCUT2D eigenvalue weighted by Gasteiger charge is 2.37. The highest BCUT2D eigenvalue weighted by molar-refractivity contribution is 5.95. The Bertz CT molecular complexity index is 705. The first kappa shape index (κ1) is 14.6. The molecule has 0 N–H and O–H groups in total. The van der Waals surface area contributed by atoms with Gasteiger partial charge in [-0.1, -0.05) is 11.2 Å². The second-order valence-corrected chi connectivity index (χ2v) is 5.17. The second kappa shape index (κ2) is 5.11. The largest absolute Gasteiger partial charge is 0.416 e. The molecule has 0 unspecified atom stereocenters. The van der Waals surface area contributed by atoms with Crippen LogP contribution in [0.4, 0.5) is 13.2 Å². The van der Waals surface area contributed by atoms with E-state index in [1.54, 1.807) is 6.92 Å². The van der Waals surface area contributed by atoms with Gasteiger partial charge in [0.15, 0.2) is 5.82 Å². The summed E-state index contributed by atoms with van der Waals surface area (Å²) in [6, 6.07) is 4.42. The van der Waals surface area contributed by atoms with E-state index in [9.17, 15) is 18.0 Å². The number of rotatable bonds is 2. The van der Waals surface area contributed by atoms with E-state index in [1.807, 2.05) is 0 Å². The molecule has 0 atom stereocenters. The van der Waals surface area contributed by atoms with Gasteiger partial charge in [-0.05, 0) is 25.1 Å². The summed E-state index contributed by atoms with van der Waals surface area (Å²) in [4.78, 5) is 17.7. The first-order valence-corrected chi connectivity index (χ1v) is 6.61. The summed E-state index contributed by atoms with van der Waals surface area (Å²) >= 11 is 0. The van der Waals surface area contributed by atoms with Gasteiger partial charge in [0.25, 0.3) is 5.91 Å². The lowest BCUT2D eigenvalue weighted by atomic mass is 9.98. The van der Waals surface area contributed by atoms with Gasteiger partial charge in [0, 0.05) is 18.7 Å². The van der Waals surface area contributed by atoms with E-state index >= 15 is 0 Å². The highest BCUT2D eigenvalue weighted by Crippen LogP contribution is 2.31. The average Bonchev–Trinajstić information content (AvgIpc) is 2.82. The minimum atomic E-state index is -4.46. The van der Waals surface area contributed by atoms with Gasteiger partial charge in [-0.15, -0.1) is 0 Å². The first-order chi connectivity index (χ1) is 10.3. The van der Waals surface area contributed by atoms with Gasteiger partial charge in [-0.25, -0.2) is 0 Å². The molecule has 0 radical (unpaired) electrons. The SMILES string of the molecule is Cc1noc(C2CN(C(=O)c3cccc(C(F)(F)F)c3)C2)n1. The number of carbonyl (C=O) groups excluding carboxylic acids is 1. The molecule has 1 aromatic carbocycles. The van der Waals surface area contributed by atoms with Crippen LogP contribution in [0.1, 0.15) is 33.6 Å². The molecule has 0 bridgehead atoms. The fraction of sp³-hybridized carbons (Fsp3) is 0.357. The molecule has 8 heteroatoms. The molecular formula is C14H12F3N3O2. The highest BCUT2D eigenvalue weighted by atomic mass is 19.4. The summed E-state index contributed by atoms with van der Waals surface area (Å²) in [7, 11) is 0. The van der Waals surface area contributed by atoms with E-state index in [1.165, 1.54) is 17.0 Å². The first-order valence-electron chi connectivity index (χ1n) is 6.61. The Morgan fingerprint density at radius 2 is 2.09 bits per heavy atom. The summed E-state index contributed by atoms with van der Waals surface area (Å²) in [5.41, 5.74) is -0.807. The number of alkyl halides is 3. The molecule has 0 spiro atoms. The predicted molar refractivity (Wildman–Crippen MR) is 69.1 cm³/mol. The Balaban J connectivity index is 1.69. The van der Waals surface area contributed by atoms with E-state index in [4.69, 9.17) is 4.52 Å². The van der Waals surface area contributed by atoms with Crippen LogP contribution < -0.4 is 0 Å². The van der Waals surface area contributed by atoms with Gasteiger partial charge < -0.3 is 9.42 Å². The van der Waals surface area contributed by atoms with Crippen molar-refractivity contribution in [3.05, 3.63) is 47.1 Å². The van der Waals surface area contributed by atoms with Gasteiger partial charge in [0.1, 0.15) is 0 Å². The molecule has 0 saturated carbocycles. The van der Waals surface area contributed by atoms with Crippen LogP contribution in [0.2, 0.25) is 0 Å². The van der Waals surface area contributed by atoms with Gasteiger partial charge >= 0.3 is 6.18 Å². The van der Waals surface area contributed by atoms with Gasteiger partial charge in [0.05, 0.1) is 11.5 Å². The minimum Gasteiger partial charge on any atom is -0.339 e. The summed E-state index contributed by atoms with van der Waals surface area (Å²) in [6.45, 7) is 2.41. The van der Waals surface area contributed by atoms with Crippen LogP contribution in [0.5, 0.6) is 0 Å². The fourth-order valence-corrected chi connectivity index (χ4v) is 2.29. The van der Waals surface area contributed by atoms with Crippen molar-refractivity contribution in [3.8, 4) is 0 Å². The van der Waals surface area contributed by atoms with Crippen LogP contribution in [0.25, 0.3) is 0 Å². The normalized spacial score (nSPS) is 15.7. The molecule has 1 fully saturated rings. The van der Waals surface area contributed by atoms with Crippen LogP contribution in [0.15, 0.2) is 28.8 Å². The summed E-state index contributed by atoms with van der Waals surface area (Å²) < 4.78 is 43.0. The summed E-state index contributed by atoms with van der Waals surface area (Å²) in [5, 5.41) is 3.67. The van der Waals surface area contributed by atoms with E-state index < -0.39 is 17.6 Å². The van der Waals surface area contributed by atoms with Crippen molar-refractivity contribution in [1.82, 2.24) is 15.0 Å². The quantitative estimate of drug-likeness (QED) is 0.855. The number of hydrogen-bond acceptors (Lipinski definition) is 4. The maximum Gasteiger partial charge on any atom is 0.416 e. The van der Waals surface area contributed by atoms with Crippen LogP contribution in [-0.2, 0) is 6.18 Å². The Labute approximate surface area is 123 Å². The molecule has 1 aliphatic heterocycles. The zero-order valence-electron chi connectivity index (χ0n) is 11.6. The summed E-state index contributed by atoms with van der Waals surface area (Å²) in [5.74, 6) is 0.470. The number of likely N-dealkylation sites (tertiary alicyclic amines) is 1. The van der Waals surface area contributed by atoms with Crippen molar-refractivity contribution in [2.24, 2.45) is 0 Å². The monoisotopic (exact) mass is 311 g/mol. The lowest BCUT2D eigenvalue weighted by Gasteiger charge is -2.37. The van der Waals surface area contributed by atoms with Crippen LogP contribution >= 0.6 is 0 Å². The molecule has 3 rings (SSSR count). The standard InChI is InChI=1S/C14H12F3N3O2/c1-8-18-12(22-19-8)10-6-20(7-10)13(21)9-3-2-4-11(5-9)14(15,16)17/h2-5,10H,6-7H2,1H3. The summed E-state index contributed by atoms with van der Waals surface area (Å²) in [6.07, 6.45) is -4.46. The Kier molecular flexibility index (Phi) is 3.38. The van der Waals surface area contributed by atoms with Crippen molar-refractivity contribution in [2.45, 2.75) is 19.0 Å². The molecule has 1 aliphatic rings. The molecule has 116 valence electrons. The van der Waals surface area contributed by atoms with E-state index in [0.29, 0.717) is 24.8 Å². The fourth-order valence-electron chi connectivity index (χ4n) is 2.29. The molecule has 0 aliphatic carbocycles. The van der Waals surface area contributed by atoms with Crippen LogP contribution in [0, 0.1) is 6.92 Å². The van der Waals surface area contributed by atoms with Crippen molar-refractivity contribution < 1.29 is 22.5 Å². The Hall–Kier alpha value is -2.38. The molecule has 1 amide bonds. The molecule has 1 saturated heterocycles. The van der Waals surface area contributed by atoms with Gasteiger partial charge in [0.2, 0.25) is 5.89 Å². The molecular weight excluding hydrogens is 299 g/mol. The van der Waals surface area contributed by atoms with Crippen LogP contribution in [-0.4, -0.2) is 34.0 Å². The van der Waals surface area contributed by atoms with Crippen molar-refractivity contribution in [3.63, 3.8) is 0 Å². The Morgan fingerprint density at radius 3 is 2.68 bits per heavy atom. The zero-order valence-corrected chi connectivity index (χ0v) is 11.6. The number of aromatic nitrogens is 2. The number of carbonyl (C=O) groups is 1. The van der Waals surface area contributed by atoms with E-state index in [0.717, 1.165) is 12.1 Å². The predicted octanol–water partition coefficient (Wildman–Crippen LogP) is 2.64. The topological polar surface area (TPSA) is 59.2 Å². The maximum atomic E-state index is 12.7. The average molecular weight is 311 g/mol. The number of aryl methyl sites for hydroxylation is 1. The molecule has 1 aromatic heterocycles. The van der Waals surface area contributed by atoms with Crippen molar-refractivity contribution in [2.75, 3.05) is 13.1 Å². The maximum absolute atomic E-state index is 12.7.